The van der Waals surface area contributed by atoms with Crippen LogP contribution in [0, 0.1) is 0 Å². The molecule has 1 aromatic heterocycles. The van der Waals surface area contributed by atoms with E-state index in [1.165, 1.54) is 0 Å². The normalized spacial score (nSPS) is 10.7. The van der Waals surface area contributed by atoms with Gasteiger partial charge in [0.1, 0.15) is 0 Å². The highest BCUT2D eigenvalue weighted by Crippen LogP contribution is 2.00. The molecule has 1 amide bonds. The van der Waals surface area contributed by atoms with E-state index in [0.29, 0.717) is 13.0 Å². The highest BCUT2D eigenvalue weighted by atomic mass is 16.2. The number of hydrogen-bond acceptors (Lipinski definition) is 4. The number of nitrogens with zero attached hydrogens (tertiary/aromatic N) is 2. The van der Waals surface area contributed by atoms with Crippen LogP contribution in [0.25, 0.3) is 0 Å². The lowest BCUT2D eigenvalue weighted by Crippen LogP contribution is -2.36. The summed E-state index contributed by atoms with van der Waals surface area (Å²) in [5.74, 6) is 0.0424. The minimum absolute atomic E-state index is 0.0424. The summed E-state index contributed by atoms with van der Waals surface area (Å²) in [6, 6.07) is 5.72. The fraction of sp³-hybridized carbons (Fsp3) is 0.571. The molecule has 19 heavy (non-hydrogen) atoms. The number of rotatable bonds is 9. The van der Waals surface area contributed by atoms with E-state index < -0.39 is 0 Å². The van der Waals surface area contributed by atoms with Gasteiger partial charge >= 0.3 is 0 Å². The lowest BCUT2D eigenvalue weighted by molar-refractivity contribution is -0.122. The van der Waals surface area contributed by atoms with Crippen LogP contribution in [-0.2, 0) is 11.3 Å². The maximum atomic E-state index is 11.5. The maximum Gasteiger partial charge on any atom is 0.234 e. The molecule has 106 valence electrons. The van der Waals surface area contributed by atoms with Crippen molar-refractivity contribution in [3.8, 4) is 0 Å². The number of pyridine rings is 1. The molecule has 2 N–H and O–H groups in total. The average Bonchev–Trinajstić information content (AvgIpc) is 2.39. The third-order valence-electron chi connectivity index (χ3n) is 2.73. The first-order valence-electron chi connectivity index (χ1n) is 6.75. The highest BCUT2D eigenvalue weighted by molar-refractivity contribution is 5.75. The van der Waals surface area contributed by atoms with Crippen molar-refractivity contribution in [2.75, 3.05) is 20.6 Å². The van der Waals surface area contributed by atoms with Crippen molar-refractivity contribution in [1.82, 2.24) is 20.7 Å². The van der Waals surface area contributed by atoms with Gasteiger partial charge in [0.25, 0.3) is 0 Å². The predicted molar refractivity (Wildman–Crippen MR) is 76.2 cm³/mol. The molecule has 1 rings (SSSR count). The molecule has 0 fully saturated rings. The monoisotopic (exact) mass is 264 g/mol. The smallest absolute Gasteiger partial charge is 0.234 e. The molecule has 0 atom stereocenters. The fourth-order valence-electron chi connectivity index (χ4n) is 1.69. The topological polar surface area (TPSA) is 57.3 Å². The Morgan fingerprint density at radius 1 is 1.26 bits per heavy atom. The van der Waals surface area contributed by atoms with E-state index in [0.717, 1.165) is 31.5 Å². The Morgan fingerprint density at radius 3 is 2.79 bits per heavy atom. The summed E-state index contributed by atoms with van der Waals surface area (Å²) in [5, 5.41) is 0. The third-order valence-corrected chi connectivity index (χ3v) is 2.73. The van der Waals surface area contributed by atoms with Crippen molar-refractivity contribution in [3.05, 3.63) is 30.1 Å². The van der Waals surface area contributed by atoms with Gasteiger partial charge in [-0.15, -0.1) is 0 Å². The Bertz CT molecular complexity index is 354. The summed E-state index contributed by atoms with van der Waals surface area (Å²) in [6.07, 6.45) is 5.48. The number of aromatic nitrogens is 1. The molecule has 0 bridgehead atoms. The largest absolute Gasteiger partial charge is 0.309 e. The highest BCUT2D eigenvalue weighted by Gasteiger charge is 2.00. The molecule has 0 aliphatic heterocycles. The predicted octanol–water partition coefficient (Wildman–Crippen LogP) is 1.32. The van der Waals surface area contributed by atoms with E-state index in [9.17, 15) is 4.79 Å². The number of amides is 1. The molecule has 5 heteroatoms. The van der Waals surface area contributed by atoms with Crippen LogP contribution in [0.5, 0.6) is 0 Å². The van der Waals surface area contributed by atoms with Crippen LogP contribution in [0.2, 0.25) is 0 Å². The Hall–Kier alpha value is -1.46. The van der Waals surface area contributed by atoms with Crippen LogP contribution in [0.3, 0.4) is 0 Å². The SMILES string of the molecule is CN(C)CCCCCC(=O)NNCc1ccccn1. The first-order valence-corrected chi connectivity index (χ1v) is 6.75. The van der Waals surface area contributed by atoms with Gasteiger partial charge in [-0.2, -0.15) is 0 Å². The van der Waals surface area contributed by atoms with E-state index >= 15 is 0 Å². The molecule has 0 aliphatic rings. The standard InChI is InChI=1S/C14H24N4O/c1-18(2)11-7-3-4-9-14(19)17-16-12-13-8-5-6-10-15-13/h5-6,8,10,16H,3-4,7,9,11-12H2,1-2H3,(H,17,19). The van der Waals surface area contributed by atoms with Crippen molar-refractivity contribution >= 4 is 5.91 Å². The zero-order valence-corrected chi connectivity index (χ0v) is 11.9. The van der Waals surface area contributed by atoms with Gasteiger partial charge in [0.15, 0.2) is 0 Å². The van der Waals surface area contributed by atoms with E-state index in [2.05, 4.69) is 34.8 Å². The van der Waals surface area contributed by atoms with Gasteiger partial charge < -0.3 is 4.90 Å². The number of carbonyl (C=O) groups excluding carboxylic acids is 1. The molecule has 5 nitrogen and oxygen atoms in total. The quantitative estimate of drug-likeness (QED) is 0.522. The Morgan fingerprint density at radius 2 is 2.11 bits per heavy atom. The Balaban J connectivity index is 1.99. The first kappa shape index (κ1) is 15.6. The van der Waals surface area contributed by atoms with Gasteiger partial charge in [-0.05, 0) is 45.6 Å². The molecule has 0 saturated heterocycles. The van der Waals surface area contributed by atoms with Crippen molar-refractivity contribution in [2.45, 2.75) is 32.2 Å². The maximum absolute atomic E-state index is 11.5. The molecule has 1 heterocycles. The van der Waals surface area contributed by atoms with E-state index in [4.69, 9.17) is 0 Å². The molecule has 0 aromatic carbocycles. The van der Waals surface area contributed by atoms with Crippen molar-refractivity contribution < 1.29 is 4.79 Å². The van der Waals surface area contributed by atoms with Crippen LogP contribution in [-0.4, -0.2) is 36.4 Å². The van der Waals surface area contributed by atoms with Crippen LogP contribution in [0.15, 0.2) is 24.4 Å². The van der Waals surface area contributed by atoms with E-state index in [1.807, 2.05) is 18.2 Å². The third kappa shape index (κ3) is 8.29. The second-order valence-corrected chi connectivity index (χ2v) is 4.84. The minimum atomic E-state index is 0.0424. The minimum Gasteiger partial charge on any atom is -0.309 e. The fourth-order valence-corrected chi connectivity index (χ4v) is 1.69. The number of hydrogen-bond donors (Lipinski definition) is 2. The summed E-state index contributed by atoms with van der Waals surface area (Å²) in [7, 11) is 4.13. The second kappa shape index (κ2) is 9.47. The lowest BCUT2D eigenvalue weighted by Gasteiger charge is -2.09. The molecule has 0 unspecified atom stereocenters. The average molecular weight is 264 g/mol. The molecule has 1 aromatic rings. The molecule has 0 radical (unpaired) electrons. The van der Waals surface area contributed by atoms with Gasteiger partial charge in [-0.1, -0.05) is 12.5 Å². The number of nitrogens with one attached hydrogen (secondary N) is 2. The van der Waals surface area contributed by atoms with Gasteiger partial charge in [0, 0.05) is 12.6 Å². The molecule has 0 aliphatic carbocycles. The van der Waals surface area contributed by atoms with Gasteiger partial charge in [-0.3, -0.25) is 15.2 Å². The van der Waals surface area contributed by atoms with Gasteiger partial charge in [0.05, 0.1) is 12.2 Å². The summed E-state index contributed by atoms with van der Waals surface area (Å²) in [6.45, 7) is 1.63. The zero-order chi connectivity index (χ0) is 13.9. The van der Waals surface area contributed by atoms with Crippen molar-refractivity contribution in [1.29, 1.82) is 0 Å². The summed E-state index contributed by atoms with van der Waals surface area (Å²) >= 11 is 0. The molecular formula is C14H24N4O. The molecule has 0 spiro atoms. The Kier molecular flexibility index (Phi) is 7.77. The lowest BCUT2D eigenvalue weighted by atomic mass is 10.2. The summed E-state index contributed by atoms with van der Waals surface area (Å²) < 4.78 is 0. The number of carbonyl (C=O) groups is 1. The van der Waals surface area contributed by atoms with Crippen molar-refractivity contribution in [3.63, 3.8) is 0 Å². The molecular weight excluding hydrogens is 240 g/mol. The molecule has 0 saturated carbocycles. The van der Waals surface area contributed by atoms with Crippen LogP contribution in [0.4, 0.5) is 0 Å². The number of unbranched alkanes of at least 4 members (excludes halogenated alkanes) is 2. The number of hydrazine groups is 1. The van der Waals surface area contributed by atoms with E-state index in [-0.39, 0.29) is 5.91 Å². The Labute approximate surface area is 115 Å². The van der Waals surface area contributed by atoms with Crippen LogP contribution >= 0.6 is 0 Å². The van der Waals surface area contributed by atoms with E-state index in [1.54, 1.807) is 6.20 Å². The van der Waals surface area contributed by atoms with Gasteiger partial charge in [0.2, 0.25) is 5.91 Å². The zero-order valence-electron chi connectivity index (χ0n) is 11.9. The van der Waals surface area contributed by atoms with Crippen LogP contribution < -0.4 is 10.9 Å². The van der Waals surface area contributed by atoms with Crippen molar-refractivity contribution in [2.24, 2.45) is 0 Å². The summed E-state index contributed by atoms with van der Waals surface area (Å²) in [5.41, 5.74) is 6.49. The van der Waals surface area contributed by atoms with Gasteiger partial charge in [-0.25, -0.2) is 5.43 Å². The first-order chi connectivity index (χ1) is 9.18. The van der Waals surface area contributed by atoms with Crippen LogP contribution in [0.1, 0.15) is 31.4 Å². The summed E-state index contributed by atoms with van der Waals surface area (Å²) in [4.78, 5) is 17.8. The second-order valence-electron chi connectivity index (χ2n) is 4.84.